The van der Waals surface area contributed by atoms with Gasteiger partial charge >= 0.3 is 0 Å². The molecule has 0 aromatic rings. The van der Waals surface area contributed by atoms with Crippen LogP contribution in [0.4, 0.5) is 0 Å². The van der Waals surface area contributed by atoms with Gasteiger partial charge in [-0.25, -0.2) is 0 Å². The number of fused-ring (bicyclic) bond motifs is 1. The summed E-state index contributed by atoms with van der Waals surface area (Å²) in [5.74, 6) is 2.22. The lowest BCUT2D eigenvalue weighted by Gasteiger charge is -2.49. The Morgan fingerprint density at radius 1 is 0.293 bits per heavy atom. The predicted molar refractivity (Wildman–Crippen MR) is 263 cm³/mol. The largest absolute Gasteiger partial charge is 0.0649 e. The SMILES string of the molecule is CC1(C)CC(C)(C)CC(C)(C)C1.CC1(C)CC2CCCCC2C1.CC1(C)CCC(C)(C)CC1.CC1(C)CCC2(CCCCC2)CC1.CCC1(CC)CCC(C)(C)CC1. The first-order valence-electron chi connectivity index (χ1n) is 26.4. The summed E-state index contributed by atoms with van der Waals surface area (Å²) in [6.45, 7) is 43.4. The number of rotatable bonds is 2. The summed E-state index contributed by atoms with van der Waals surface area (Å²) in [5, 5.41) is 0. The van der Waals surface area contributed by atoms with Crippen molar-refractivity contribution in [3.63, 3.8) is 0 Å². The van der Waals surface area contributed by atoms with Crippen LogP contribution in [0.1, 0.15) is 304 Å². The highest BCUT2D eigenvalue weighted by atomic mass is 14.5. The zero-order valence-corrected chi connectivity index (χ0v) is 44.0. The van der Waals surface area contributed by atoms with E-state index in [1.54, 1.807) is 12.8 Å². The fourth-order valence-electron chi connectivity index (χ4n) is 14.7. The van der Waals surface area contributed by atoms with E-state index in [1.165, 1.54) is 167 Å². The van der Waals surface area contributed by atoms with Crippen molar-refractivity contribution in [2.45, 2.75) is 304 Å². The topological polar surface area (TPSA) is 0 Å². The van der Waals surface area contributed by atoms with Crippen molar-refractivity contribution in [2.75, 3.05) is 0 Å². The standard InChI is InChI=1S/C13H24.2C12H24.C11H20.C10H20/c1-12(2)8-10-13(11-9-12)6-4-3-5-7-13;1-10(2)7-11(3,4)9-12(5,6)8-10;1-5-12(6-2)9-7-11(3,4)8-10-12;1-11(2)7-9-5-3-4-6-10(9)8-11;1-9(2)5-7-10(3,4)8-6-9/h3-11H2,1-2H3;7-9H2,1-6H3;5-10H2,1-4H3;9-10H,3-8H2,1-2H3;5-8H2,1-4H3. The van der Waals surface area contributed by atoms with E-state index in [1.807, 2.05) is 0 Å². The molecular weight excluding hydrogens is 697 g/mol. The molecule has 2 atom stereocenters. The van der Waals surface area contributed by atoms with Crippen LogP contribution in [-0.4, -0.2) is 0 Å². The molecule has 7 rings (SSSR count). The minimum Gasteiger partial charge on any atom is -0.0649 e. The normalized spacial score (nSPS) is 32.4. The number of hydrogen-bond acceptors (Lipinski definition) is 0. The third kappa shape index (κ3) is 18.0. The van der Waals surface area contributed by atoms with Gasteiger partial charge in [-0.05, 0) is 188 Å². The molecule has 0 nitrogen and oxygen atoms in total. The molecule has 0 amide bonds. The molecule has 7 saturated carbocycles. The maximum Gasteiger partial charge on any atom is -0.0297 e. The van der Waals surface area contributed by atoms with Gasteiger partial charge < -0.3 is 0 Å². The zero-order chi connectivity index (χ0) is 44.0. The molecular formula is C58H112. The molecule has 7 fully saturated rings. The lowest BCUT2D eigenvalue weighted by Crippen LogP contribution is -2.38. The zero-order valence-electron chi connectivity index (χ0n) is 44.0. The Bertz CT molecular complexity index is 1070. The fourth-order valence-corrected chi connectivity index (χ4v) is 14.7. The highest BCUT2D eigenvalue weighted by Gasteiger charge is 2.43. The van der Waals surface area contributed by atoms with Gasteiger partial charge in [0.25, 0.3) is 0 Å². The van der Waals surface area contributed by atoms with Crippen molar-refractivity contribution in [3.8, 4) is 0 Å². The predicted octanol–water partition coefficient (Wildman–Crippen LogP) is 20.4. The molecule has 7 aliphatic carbocycles. The van der Waals surface area contributed by atoms with E-state index in [-0.39, 0.29) is 0 Å². The summed E-state index contributed by atoms with van der Waals surface area (Å²) in [6, 6.07) is 0. The summed E-state index contributed by atoms with van der Waals surface area (Å²) >= 11 is 0. The van der Waals surface area contributed by atoms with Crippen LogP contribution in [0.2, 0.25) is 0 Å². The highest BCUT2D eigenvalue weighted by Crippen LogP contribution is 2.55. The van der Waals surface area contributed by atoms with Gasteiger partial charge in [-0.15, -0.1) is 0 Å². The first-order valence-corrected chi connectivity index (χ1v) is 26.4. The van der Waals surface area contributed by atoms with E-state index in [2.05, 4.69) is 125 Å². The molecule has 2 unspecified atom stereocenters. The fraction of sp³-hybridized carbons (Fsp3) is 1.00. The molecule has 344 valence electrons. The summed E-state index contributed by atoms with van der Waals surface area (Å²) < 4.78 is 0. The molecule has 0 bridgehead atoms. The molecule has 58 heavy (non-hydrogen) atoms. The molecule has 0 aromatic carbocycles. The Hall–Kier alpha value is 0. The summed E-state index contributed by atoms with van der Waals surface area (Å²) in [4.78, 5) is 0. The van der Waals surface area contributed by atoms with Crippen molar-refractivity contribution in [3.05, 3.63) is 0 Å². The maximum absolute atomic E-state index is 2.45. The van der Waals surface area contributed by atoms with E-state index in [4.69, 9.17) is 0 Å². The van der Waals surface area contributed by atoms with Crippen molar-refractivity contribution in [2.24, 2.45) is 66.0 Å². The second-order valence-corrected chi connectivity index (χ2v) is 29.3. The Labute approximate surface area is 369 Å². The maximum atomic E-state index is 2.45. The van der Waals surface area contributed by atoms with Crippen LogP contribution in [0, 0.1) is 66.0 Å². The molecule has 0 aromatic heterocycles. The summed E-state index contributed by atoms with van der Waals surface area (Å²) in [6.07, 6.45) is 41.1. The lowest BCUT2D eigenvalue weighted by atomic mass is 9.56. The smallest absolute Gasteiger partial charge is 0.0297 e. The quantitative estimate of drug-likeness (QED) is 0.261. The van der Waals surface area contributed by atoms with E-state index in [0.717, 1.165) is 22.7 Å². The van der Waals surface area contributed by atoms with E-state index >= 15 is 0 Å². The average molecular weight is 810 g/mol. The van der Waals surface area contributed by atoms with Crippen molar-refractivity contribution < 1.29 is 0 Å². The lowest BCUT2D eigenvalue weighted by molar-refractivity contribution is 0.0203. The van der Waals surface area contributed by atoms with E-state index in [9.17, 15) is 0 Å². The Kier molecular flexibility index (Phi) is 18.3. The van der Waals surface area contributed by atoms with Crippen LogP contribution in [0.5, 0.6) is 0 Å². The van der Waals surface area contributed by atoms with Crippen molar-refractivity contribution in [1.29, 1.82) is 0 Å². The summed E-state index contributed by atoms with van der Waals surface area (Å²) in [7, 11) is 0. The van der Waals surface area contributed by atoms with Gasteiger partial charge in [0.2, 0.25) is 0 Å². The van der Waals surface area contributed by atoms with Crippen molar-refractivity contribution in [1.82, 2.24) is 0 Å². The molecule has 0 aliphatic heterocycles. The van der Waals surface area contributed by atoms with Gasteiger partial charge in [0.05, 0.1) is 0 Å². The average Bonchev–Trinajstić information content (AvgIpc) is 3.42. The van der Waals surface area contributed by atoms with E-state index < -0.39 is 0 Å². The van der Waals surface area contributed by atoms with Gasteiger partial charge in [0, 0.05) is 0 Å². The van der Waals surface area contributed by atoms with Gasteiger partial charge in [0.15, 0.2) is 0 Å². The Morgan fingerprint density at radius 3 is 0.897 bits per heavy atom. The molecule has 7 aliphatic rings. The van der Waals surface area contributed by atoms with Crippen molar-refractivity contribution >= 4 is 0 Å². The first kappa shape index (κ1) is 52.3. The van der Waals surface area contributed by atoms with Crippen LogP contribution in [0.3, 0.4) is 0 Å². The third-order valence-corrected chi connectivity index (χ3v) is 18.3. The first-order chi connectivity index (χ1) is 26.4. The van der Waals surface area contributed by atoms with Gasteiger partial charge in [0.1, 0.15) is 0 Å². The van der Waals surface area contributed by atoms with Crippen LogP contribution >= 0.6 is 0 Å². The molecule has 0 heteroatoms. The third-order valence-electron chi connectivity index (χ3n) is 18.3. The van der Waals surface area contributed by atoms with E-state index in [0.29, 0.717) is 43.3 Å². The van der Waals surface area contributed by atoms with Crippen LogP contribution in [0.15, 0.2) is 0 Å². The van der Waals surface area contributed by atoms with Gasteiger partial charge in [-0.3, -0.25) is 0 Å². The second-order valence-electron chi connectivity index (χ2n) is 29.3. The number of hydrogen-bond donors (Lipinski definition) is 0. The molecule has 0 heterocycles. The second kappa shape index (κ2) is 20.2. The minimum atomic E-state index is 0.547. The monoisotopic (exact) mass is 809 g/mol. The molecule has 1 spiro atoms. The van der Waals surface area contributed by atoms with Crippen LogP contribution < -0.4 is 0 Å². The Morgan fingerprint density at radius 2 is 0.586 bits per heavy atom. The van der Waals surface area contributed by atoms with Gasteiger partial charge in [-0.2, -0.15) is 0 Å². The molecule has 0 radical (unpaired) electrons. The summed E-state index contributed by atoms with van der Waals surface area (Å²) in [5.41, 5.74) is 6.41. The highest BCUT2D eigenvalue weighted by molar-refractivity contribution is 4.94. The van der Waals surface area contributed by atoms with Crippen LogP contribution in [-0.2, 0) is 0 Å². The molecule has 0 saturated heterocycles. The van der Waals surface area contributed by atoms with Crippen LogP contribution in [0.25, 0.3) is 0 Å². The Balaban J connectivity index is 0.000000194. The molecule has 0 N–H and O–H groups in total. The minimum absolute atomic E-state index is 0.547. The van der Waals surface area contributed by atoms with Gasteiger partial charge in [-0.1, -0.05) is 182 Å².